The van der Waals surface area contributed by atoms with Crippen molar-refractivity contribution >= 4 is 30.1 Å². The SMILES string of the molecule is CSc1ccccc1C(=O)NCCC(C)N.Cl. The molecule has 0 aliphatic carbocycles. The molecule has 0 aliphatic rings. The van der Waals surface area contributed by atoms with E-state index in [0.717, 1.165) is 16.9 Å². The van der Waals surface area contributed by atoms with E-state index in [-0.39, 0.29) is 24.4 Å². The van der Waals surface area contributed by atoms with Crippen molar-refractivity contribution in [3.8, 4) is 0 Å². The third-order valence-corrected chi connectivity index (χ3v) is 3.03. The molecule has 1 aromatic carbocycles. The summed E-state index contributed by atoms with van der Waals surface area (Å²) in [6, 6.07) is 7.72. The van der Waals surface area contributed by atoms with Crippen molar-refractivity contribution in [2.75, 3.05) is 12.8 Å². The van der Waals surface area contributed by atoms with Gasteiger partial charge in [0.2, 0.25) is 0 Å². The zero-order chi connectivity index (χ0) is 12.0. The zero-order valence-electron chi connectivity index (χ0n) is 10.1. The minimum atomic E-state index is -0.0226. The van der Waals surface area contributed by atoms with Crippen LogP contribution in [0.1, 0.15) is 23.7 Å². The van der Waals surface area contributed by atoms with Crippen molar-refractivity contribution in [1.82, 2.24) is 5.32 Å². The molecule has 0 fully saturated rings. The average Bonchev–Trinajstić information content (AvgIpc) is 2.28. The van der Waals surface area contributed by atoms with E-state index in [9.17, 15) is 4.79 Å². The van der Waals surface area contributed by atoms with Gasteiger partial charge in [0.25, 0.3) is 5.91 Å². The van der Waals surface area contributed by atoms with Crippen molar-refractivity contribution in [1.29, 1.82) is 0 Å². The standard InChI is InChI=1S/C12H18N2OS.ClH/c1-9(13)7-8-14-12(15)10-5-3-4-6-11(10)16-2;/h3-6,9H,7-8,13H2,1-2H3,(H,14,15);1H. The number of benzene rings is 1. The van der Waals surface area contributed by atoms with Crippen LogP contribution in [0.5, 0.6) is 0 Å². The summed E-state index contributed by atoms with van der Waals surface area (Å²) in [5.74, 6) is -0.0226. The second kappa shape index (κ2) is 8.39. The fraction of sp³-hybridized carbons (Fsp3) is 0.417. The Balaban J connectivity index is 0.00000256. The Kier molecular flexibility index (Phi) is 8.04. The quantitative estimate of drug-likeness (QED) is 0.810. The molecule has 1 amide bonds. The van der Waals surface area contributed by atoms with Crippen molar-refractivity contribution in [3.05, 3.63) is 29.8 Å². The molecular weight excluding hydrogens is 256 g/mol. The van der Waals surface area contributed by atoms with Gasteiger partial charge in [0.15, 0.2) is 0 Å². The highest BCUT2D eigenvalue weighted by Crippen LogP contribution is 2.19. The fourth-order valence-corrected chi connectivity index (χ4v) is 1.94. The highest BCUT2D eigenvalue weighted by molar-refractivity contribution is 7.98. The second-order valence-corrected chi connectivity index (χ2v) is 4.57. The first-order valence-corrected chi connectivity index (χ1v) is 6.54. The predicted molar refractivity (Wildman–Crippen MR) is 76.1 cm³/mol. The van der Waals surface area contributed by atoms with E-state index in [1.807, 2.05) is 37.4 Å². The number of hydrogen-bond acceptors (Lipinski definition) is 3. The molecule has 3 nitrogen and oxygen atoms in total. The van der Waals surface area contributed by atoms with Crippen LogP contribution in [0.3, 0.4) is 0 Å². The molecule has 1 atom stereocenters. The molecule has 96 valence electrons. The lowest BCUT2D eigenvalue weighted by molar-refractivity contribution is 0.0950. The van der Waals surface area contributed by atoms with Crippen molar-refractivity contribution in [2.45, 2.75) is 24.3 Å². The number of nitrogens with two attached hydrogens (primary N) is 1. The summed E-state index contributed by atoms with van der Waals surface area (Å²) in [4.78, 5) is 12.8. The number of carbonyl (C=O) groups excluding carboxylic acids is 1. The average molecular weight is 275 g/mol. The van der Waals surface area contributed by atoms with Gasteiger partial charge in [-0.05, 0) is 31.7 Å². The van der Waals surface area contributed by atoms with Gasteiger partial charge < -0.3 is 11.1 Å². The molecule has 0 heterocycles. The Bertz CT molecular complexity index is 358. The van der Waals surface area contributed by atoms with Crippen LogP contribution >= 0.6 is 24.2 Å². The molecule has 0 aliphatic heterocycles. The Morgan fingerprint density at radius 1 is 1.47 bits per heavy atom. The van der Waals surface area contributed by atoms with Crippen molar-refractivity contribution < 1.29 is 4.79 Å². The number of thioether (sulfide) groups is 1. The molecule has 0 saturated carbocycles. The molecule has 0 bridgehead atoms. The molecule has 0 radical (unpaired) electrons. The lowest BCUT2D eigenvalue weighted by atomic mass is 10.2. The van der Waals surface area contributed by atoms with Gasteiger partial charge in [-0.15, -0.1) is 24.2 Å². The normalized spacial score (nSPS) is 11.5. The van der Waals surface area contributed by atoms with Gasteiger partial charge in [0, 0.05) is 17.5 Å². The fourth-order valence-electron chi connectivity index (χ4n) is 1.34. The topological polar surface area (TPSA) is 55.1 Å². The summed E-state index contributed by atoms with van der Waals surface area (Å²) >= 11 is 1.58. The van der Waals surface area contributed by atoms with E-state index in [0.29, 0.717) is 6.54 Å². The van der Waals surface area contributed by atoms with Gasteiger partial charge in [0.05, 0.1) is 5.56 Å². The molecule has 1 unspecified atom stereocenters. The number of halogens is 1. The summed E-state index contributed by atoms with van der Waals surface area (Å²) in [7, 11) is 0. The smallest absolute Gasteiger partial charge is 0.252 e. The molecule has 17 heavy (non-hydrogen) atoms. The second-order valence-electron chi connectivity index (χ2n) is 3.72. The first kappa shape index (κ1) is 16.3. The maximum Gasteiger partial charge on any atom is 0.252 e. The summed E-state index contributed by atoms with van der Waals surface area (Å²) in [6.45, 7) is 2.56. The largest absolute Gasteiger partial charge is 0.352 e. The van der Waals surface area contributed by atoms with Crippen molar-refractivity contribution in [3.63, 3.8) is 0 Å². The number of carbonyl (C=O) groups is 1. The predicted octanol–water partition coefficient (Wildman–Crippen LogP) is 2.30. The summed E-state index contributed by atoms with van der Waals surface area (Å²) in [6.07, 6.45) is 2.77. The van der Waals surface area contributed by atoms with E-state index in [1.165, 1.54) is 0 Å². The monoisotopic (exact) mass is 274 g/mol. The molecule has 1 rings (SSSR count). The lowest BCUT2D eigenvalue weighted by Crippen LogP contribution is -2.29. The Hall–Kier alpha value is -0.710. The number of amides is 1. The third kappa shape index (κ3) is 5.44. The molecule has 0 spiro atoms. The van der Waals surface area contributed by atoms with Crippen LogP contribution in [0, 0.1) is 0 Å². The van der Waals surface area contributed by atoms with Crippen molar-refractivity contribution in [2.24, 2.45) is 5.73 Å². The Morgan fingerprint density at radius 3 is 2.71 bits per heavy atom. The molecule has 0 aromatic heterocycles. The minimum absolute atomic E-state index is 0. The van der Waals surface area contributed by atoms with E-state index >= 15 is 0 Å². The van der Waals surface area contributed by atoms with Crippen LogP contribution in [-0.2, 0) is 0 Å². The van der Waals surface area contributed by atoms with Gasteiger partial charge in [-0.1, -0.05) is 12.1 Å². The van der Waals surface area contributed by atoms with E-state index < -0.39 is 0 Å². The molecule has 1 aromatic rings. The third-order valence-electron chi connectivity index (χ3n) is 2.24. The number of nitrogens with one attached hydrogen (secondary N) is 1. The summed E-state index contributed by atoms with van der Waals surface area (Å²) < 4.78 is 0. The van der Waals surface area contributed by atoms with E-state index in [4.69, 9.17) is 5.73 Å². The number of rotatable bonds is 5. The van der Waals surface area contributed by atoms with Gasteiger partial charge in [-0.25, -0.2) is 0 Å². The van der Waals surface area contributed by atoms with Crippen LogP contribution in [0.2, 0.25) is 0 Å². The first-order chi connectivity index (χ1) is 7.65. The maximum atomic E-state index is 11.8. The van der Waals surface area contributed by atoms with Crippen LogP contribution in [0.4, 0.5) is 0 Å². The van der Waals surface area contributed by atoms with Gasteiger partial charge in [0.1, 0.15) is 0 Å². The van der Waals surface area contributed by atoms with Crippen LogP contribution in [-0.4, -0.2) is 24.7 Å². The van der Waals surface area contributed by atoms with Gasteiger partial charge in [-0.3, -0.25) is 4.79 Å². The highest BCUT2D eigenvalue weighted by Gasteiger charge is 2.09. The van der Waals surface area contributed by atoms with Crippen LogP contribution in [0.15, 0.2) is 29.2 Å². The van der Waals surface area contributed by atoms with Gasteiger partial charge in [-0.2, -0.15) is 0 Å². The van der Waals surface area contributed by atoms with Gasteiger partial charge >= 0.3 is 0 Å². The number of hydrogen-bond donors (Lipinski definition) is 2. The van der Waals surface area contributed by atoms with Crippen LogP contribution < -0.4 is 11.1 Å². The Labute approximate surface area is 113 Å². The van der Waals surface area contributed by atoms with E-state index in [1.54, 1.807) is 11.8 Å². The molecule has 3 N–H and O–H groups in total. The molecular formula is C12H19ClN2OS. The van der Waals surface area contributed by atoms with Crippen LogP contribution in [0.25, 0.3) is 0 Å². The lowest BCUT2D eigenvalue weighted by Gasteiger charge is -2.09. The maximum absolute atomic E-state index is 11.8. The summed E-state index contributed by atoms with van der Waals surface area (Å²) in [5.41, 5.74) is 6.35. The Morgan fingerprint density at radius 2 is 2.12 bits per heavy atom. The highest BCUT2D eigenvalue weighted by atomic mass is 35.5. The van der Waals surface area contributed by atoms with E-state index in [2.05, 4.69) is 5.32 Å². The molecule has 5 heteroatoms. The first-order valence-electron chi connectivity index (χ1n) is 5.32. The minimum Gasteiger partial charge on any atom is -0.352 e. The zero-order valence-corrected chi connectivity index (χ0v) is 11.7. The molecule has 0 saturated heterocycles. The summed E-state index contributed by atoms with van der Waals surface area (Å²) in [5, 5.41) is 2.87.